The first kappa shape index (κ1) is 23.7. The number of aromatic hydroxyl groups is 1. The van der Waals surface area contributed by atoms with Crippen molar-refractivity contribution in [1.82, 2.24) is 10.6 Å². The lowest BCUT2D eigenvalue weighted by atomic mass is 10.0. The first-order valence-electron chi connectivity index (χ1n) is 9.61. The highest BCUT2D eigenvalue weighted by Gasteiger charge is 2.30. The van der Waals surface area contributed by atoms with Crippen LogP contribution in [-0.4, -0.2) is 53.5 Å². The van der Waals surface area contributed by atoms with Crippen molar-refractivity contribution in [3.05, 3.63) is 65.7 Å². The molecule has 0 aliphatic carbocycles. The van der Waals surface area contributed by atoms with Gasteiger partial charge < -0.3 is 30.3 Å². The second kappa shape index (κ2) is 11.6. The number of alkyl carbamates (subject to hydrolysis) is 1. The maximum Gasteiger partial charge on any atom is 0.408 e. The minimum atomic E-state index is -1.35. The number of hydrogen-bond acceptors (Lipinski definition) is 7. The molecule has 0 bridgehead atoms. The summed E-state index contributed by atoms with van der Waals surface area (Å²) in [4.78, 5) is 36.9. The largest absolute Gasteiger partial charge is 0.508 e. The summed E-state index contributed by atoms with van der Waals surface area (Å²) in [7, 11) is 1.18. The van der Waals surface area contributed by atoms with E-state index in [1.54, 1.807) is 36.4 Å². The lowest BCUT2D eigenvalue weighted by molar-refractivity contribution is -0.145. The number of phenolic OH excluding ortho intramolecular Hbond substituents is 1. The third-order valence-electron chi connectivity index (χ3n) is 4.43. The van der Waals surface area contributed by atoms with Gasteiger partial charge in [-0.3, -0.25) is 4.79 Å². The molecule has 0 aromatic heterocycles. The molecule has 0 unspecified atom stereocenters. The van der Waals surface area contributed by atoms with E-state index in [0.717, 1.165) is 5.56 Å². The summed E-state index contributed by atoms with van der Waals surface area (Å²) in [5.41, 5.74) is 1.42. The van der Waals surface area contributed by atoms with Gasteiger partial charge in [-0.05, 0) is 30.2 Å². The molecule has 0 heterocycles. The predicted molar refractivity (Wildman–Crippen MR) is 111 cm³/mol. The number of hydrogen-bond donors (Lipinski definition) is 4. The summed E-state index contributed by atoms with van der Waals surface area (Å²) < 4.78 is 9.82. The van der Waals surface area contributed by atoms with Gasteiger partial charge in [-0.15, -0.1) is 0 Å². The zero-order valence-corrected chi connectivity index (χ0v) is 17.3. The van der Waals surface area contributed by atoms with Crippen molar-refractivity contribution in [2.24, 2.45) is 0 Å². The van der Waals surface area contributed by atoms with Gasteiger partial charge >= 0.3 is 12.1 Å². The van der Waals surface area contributed by atoms with E-state index in [4.69, 9.17) is 9.47 Å². The molecule has 0 radical (unpaired) electrons. The highest BCUT2D eigenvalue weighted by atomic mass is 16.5. The number of ether oxygens (including phenoxy) is 2. The van der Waals surface area contributed by atoms with E-state index in [1.807, 2.05) is 6.07 Å². The number of carbonyl (C=O) groups excluding carboxylic acids is 3. The van der Waals surface area contributed by atoms with Gasteiger partial charge in [0.05, 0.1) is 13.2 Å². The number of esters is 1. The van der Waals surface area contributed by atoms with E-state index in [1.165, 1.54) is 26.2 Å². The molecule has 3 atom stereocenters. The molecule has 2 amide bonds. The number of phenols is 1. The van der Waals surface area contributed by atoms with E-state index < -0.39 is 36.2 Å². The summed E-state index contributed by atoms with van der Waals surface area (Å²) in [6.07, 6.45) is -2.06. The molecule has 2 aromatic rings. The average molecular weight is 430 g/mol. The van der Waals surface area contributed by atoms with Gasteiger partial charge in [0, 0.05) is 6.42 Å². The van der Waals surface area contributed by atoms with Crippen LogP contribution in [0.4, 0.5) is 4.79 Å². The van der Waals surface area contributed by atoms with Crippen LogP contribution in [0.25, 0.3) is 0 Å². The minimum Gasteiger partial charge on any atom is -0.508 e. The van der Waals surface area contributed by atoms with Crippen LogP contribution >= 0.6 is 0 Å². The summed E-state index contributed by atoms with van der Waals surface area (Å²) in [5, 5.41) is 24.2. The van der Waals surface area contributed by atoms with Crippen molar-refractivity contribution >= 4 is 18.0 Å². The van der Waals surface area contributed by atoms with Crippen molar-refractivity contribution in [3.63, 3.8) is 0 Å². The molecule has 2 aromatic carbocycles. The van der Waals surface area contributed by atoms with Gasteiger partial charge in [0.15, 0.2) is 0 Å². The fourth-order valence-corrected chi connectivity index (χ4v) is 2.76. The van der Waals surface area contributed by atoms with Gasteiger partial charge in [0.25, 0.3) is 0 Å². The Morgan fingerprint density at radius 2 is 1.61 bits per heavy atom. The molecule has 0 aliphatic rings. The van der Waals surface area contributed by atoms with Gasteiger partial charge in [0.1, 0.15) is 24.4 Å². The molecule has 0 fully saturated rings. The van der Waals surface area contributed by atoms with Crippen LogP contribution in [0.2, 0.25) is 0 Å². The third-order valence-corrected chi connectivity index (χ3v) is 4.43. The summed E-state index contributed by atoms with van der Waals surface area (Å²) in [6.45, 7) is 1.32. The minimum absolute atomic E-state index is 0.00748. The van der Waals surface area contributed by atoms with Crippen LogP contribution in [0.1, 0.15) is 18.1 Å². The summed E-state index contributed by atoms with van der Waals surface area (Å²) in [6, 6.07) is 12.7. The van der Waals surface area contributed by atoms with E-state index in [-0.39, 0.29) is 18.8 Å². The van der Waals surface area contributed by atoms with Gasteiger partial charge in [-0.25, -0.2) is 9.59 Å². The third kappa shape index (κ3) is 7.63. The van der Waals surface area contributed by atoms with Crippen LogP contribution in [0.3, 0.4) is 0 Å². The molecule has 2 rings (SSSR count). The molecular weight excluding hydrogens is 404 g/mol. The number of nitrogens with one attached hydrogen (secondary N) is 2. The maximum atomic E-state index is 12.7. The van der Waals surface area contributed by atoms with Crippen LogP contribution in [0, 0.1) is 0 Å². The predicted octanol–water partition coefficient (Wildman–Crippen LogP) is 1.27. The monoisotopic (exact) mass is 430 g/mol. The van der Waals surface area contributed by atoms with Crippen LogP contribution in [0.15, 0.2) is 54.6 Å². The van der Waals surface area contributed by atoms with Crippen molar-refractivity contribution < 1.29 is 34.1 Å². The number of methoxy groups -OCH3 is 1. The summed E-state index contributed by atoms with van der Waals surface area (Å²) >= 11 is 0. The number of rotatable bonds is 9. The number of amides is 2. The second-order valence-electron chi connectivity index (χ2n) is 6.88. The van der Waals surface area contributed by atoms with Gasteiger partial charge in [0.2, 0.25) is 5.91 Å². The van der Waals surface area contributed by atoms with Crippen molar-refractivity contribution in [2.45, 2.75) is 38.1 Å². The topological polar surface area (TPSA) is 134 Å². The smallest absolute Gasteiger partial charge is 0.408 e. The SMILES string of the molecule is COC(=O)[C@H](Cc1ccc(O)cc1)NC(=O)[C@H](NC(=O)OCc1ccccc1)[C@H](C)O. The van der Waals surface area contributed by atoms with Crippen molar-refractivity contribution in [1.29, 1.82) is 0 Å². The maximum absolute atomic E-state index is 12.7. The number of carbonyl (C=O) groups is 3. The Labute approximate surface area is 180 Å². The zero-order chi connectivity index (χ0) is 22.8. The molecule has 9 heteroatoms. The second-order valence-corrected chi connectivity index (χ2v) is 6.88. The Hall–Kier alpha value is -3.59. The molecule has 0 saturated heterocycles. The van der Waals surface area contributed by atoms with E-state index in [2.05, 4.69) is 10.6 Å². The lowest BCUT2D eigenvalue weighted by Gasteiger charge is -2.23. The molecule has 0 spiro atoms. The number of aliphatic hydroxyl groups excluding tert-OH is 1. The Morgan fingerprint density at radius 3 is 2.19 bits per heavy atom. The van der Waals surface area contributed by atoms with Gasteiger partial charge in [-0.2, -0.15) is 0 Å². The fraction of sp³-hybridized carbons (Fsp3) is 0.318. The molecule has 0 aliphatic heterocycles. The quantitative estimate of drug-likeness (QED) is 0.440. The molecule has 0 saturated carbocycles. The number of benzene rings is 2. The molecular formula is C22H26N2O7. The zero-order valence-electron chi connectivity index (χ0n) is 17.3. The van der Waals surface area contributed by atoms with E-state index in [0.29, 0.717) is 5.56 Å². The number of aliphatic hydroxyl groups is 1. The van der Waals surface area contributed by atoms with E-state index in [9.17, 15) is 24.6 Å². The van der Waals surface area contributed by atoms with Gasteiger partial charge in [-0.1, -0.05) is 42.5 Å². The highest BCUT2D eigenvalue weighted by Crippen LogP contribution is 2.12. The Balaban J connectivity index is 2.00. The van der Waals surface area contributed by atoms with E-state index >= 15 is 0 Å². The molecule has 4 N–H and O–H groups in total. The Bertz CT molecular complexity index is 869. The first-order valence-corrected chi connectivity index (χ1v) is 9.61. The van der Waals surface area contributed by atoms with Crippen LogP contribution in [-0.2, 0) is 32.1 Å². The van der Waals surface area contributed by atoms with Crippen LogP contribution < -0.4 is 10.6 Å². The summed E-state index contributed by atoms with van der Waals surface area (Å²) in [5.74, 6) is -1.41. The Kier molecular flexibility index (Phi) is 8.83. The van der Waals surface area contributed by atoms with Crippen molar-refractivity contribution in [3.8, 4) is 5.75 Å². The molecule has 9 nitrogen and oxygen atoms in total. The average Bonchev–Trinajstić information content (AvgIpc) is 2.76. The standard InChI is InChI=1S/C22H26N2O7/c1-14(25)19(24-22(29)31-13-16-6-4-3-5-7-16)20(27)23-18(21(28)30-2)12-15-8-10-17(26)11-9-15/h3-11,14,18-19,25-26H,12-13H2,1-2H3,(H,23,27)(H,24,29)/t14-,18-,19+/m0/s1. The fourth-order valence-electron chi connectivity index (χ4n) is 2.76. The Morgan fingerprint density at radius 1 is 0.968 bits per heavy atom. The normalized spacial score (nSPS) is 13.4. The molecule has 31 heavy (non-hydrogen) atoms. The van der Waals surface area contributed by atoms with Crippen LogP contribution in [0.5, 0.6) is 5.75 Å². The van der Waals surface area contributed by atoms with Crippen molar-refractivity contribution in [2.75, 3.05) is 7.11 Å². The highest BCUT2D eigenvalue weighted by molar-refractivity contribution is 5.90. The lowest BCUT2D eigenvalue weighted by Crippen LogP contribution is -2.56. The molecule has 166 valence electrons. The first-order chi connectivity index (χ1) is 14.8.